The largest absolute Gasteiger partial charge is 0.0905 e. The zero-order valence-corrected chi connectivity index (χ0v) is 11.0. The predicted molar refractivity (Wildman–Crippen MR) is 80.4 cm³/mol. The van der Waals surface area contributed by atoms with Crippen LogP contribution in [0.3, 0.4) is 0 Å². The maximum absolute atomic E-state index is 4.20. The number of hydrogen-bond acceptors (Lipinski definition) is 0. The van der Waals surface area contributed by atoms with Gasteiger partial charge in [0.15, 0.2) is 0 Å². The quantitative estimate of drug-likeness (QED) is 0.653. The maximum Gasteiger partial charge on any atom is -0.0155 e. The van der Waals surface area contributed by atoms with Crippen LogP contribution in [0.15, 0.2) is 61.7 Å². The summed E-state index contributed by atoms with van der Waals surface area (Å²) in [7, 11) is 0. The molecule has 2 aromatic rings. The molecule has 0 nitrogen and oxygen atoms in total. The fraction of sp³-hybridized carbons (Fsp3) is 0.111. The third-order valence-electron chi connectivity index (χ3n) is 3.30. The lowest BCUT2D eigenvalue weighted by molar-refractivity contribution is 1.41. The van der Waals surface area contributed by atoms with E-state index in [1.54, 1.807) is 0 Å². The monoisotopic (exact) mass is 234 g/mol. The molecule has 0 unspecified atom stereocenters. The molecule has 0 saturated heterocycles. The highest BCUT2D eigenvalue weighted by molar-refractivity contribution is 6.04. The van der Waals surface area contributed by atoms with Crippen molar-refractivity contribution >= 4 is 11.1 Å². The average molecular weight is 234 g/mol. The first kappa shape index (κ1) is 12.4. The molecule has 2 rings (SSSR count). The summed E-state index contributed by atoms with van der Waals surface area (Å²) in [5.41, 5.74) is 6.82. The molecule has 0 heterocycles. The molecule has 90 valence electrons. The van der Waals surface area contributed by atoms with E-state index in [9.17, 15) is 0 Å². The van der Waals surface area contributed by atoms with Crippen molar-refractivity contribution in [2.24, 2.45) is 0 Å². The second kappa shape index (κ2) is 5.05. The SMILES string of the molecule is C=C(C(=C)c1ccccc1C)c1ccccc1C. The van der Waals surface area contributed by atoms with Gasteiger partial charge in [-0.1, -0.05) is 61.7 Å². The lowest BCUT2D eigenvalue weighted by Crippen LogP contribution is -1.93. The van der Waals surface area contributed by atoms with Crippen LogP contribution in [0.25, 0.3) is 11.1 Å². The van der Waals surface area contributed by atoms with Gasteiger partial charge in [-0.05, 0) is 47.2 Å². The van der Waals surface area contributed by atoms with E-state index in [0.717, 1.165) is 11.1 Å². The van der Waals surface area contributed by atoms with Crippen LogP contribution >= 0.6 is 0 Å². The number of rotatable bonds is 3. The Kier molecular flexibility index (Phi) is 3.47. The Hall–Kier alpha value is -2.08. The van der Waals surface area contributed by atoms with Gasteiger partial charge >= 0.3 is 0 Å². The minimum atomic E-state index is 1.00. The third-order valence-corrected chi connectivity index (χ3v) is 3.30. The van der Waals surface area contributed by atoms with E-state index < -0.39 is 0 Å². The van der Waals surface area contributed by atoms with Crippen LogP contribution in [0.4, 0.5) is 0 Å². The van der Waals surface area contributed by atoms with Crippen LogP contribution < -0.4 is 0 Å². The zero-order chi connectivity index (χ0) is 13.1. The van der Waals surface area contributed by atoms with Gasteiger partial charge in [-0.2, -0.15) is 0 Å². The normalized spacial score (nSPS) is 10.1. The summed E-state index contributed by atoms with van der Waals surface area (Å²) < 4.78 is 0. The standard InChI is InChI=1S/C18H18/c1-13-9-5-7-11-17(13)15(3)16(4)18-12-8-6-10-14(18)2/h5-12H,3-4H2,1-2H3. The summed E-state index contributed by atoms with van der Waals surface area (Å²) in [6.45, 7) is 12.6. The molecule has 0 atom stereocenters. The van der Waals surface area contributed by atoms with Crippen molar-refractivity contribution in [3.8, 4) is 0 Å². The van der Waals surface area contributed by atoms with E-state index >= 15 is 0 Å². The molecule has 0 saturated carbocycles. The molecule has 0 fully saturated rings. The van der Waals surface area contributed by atoms with Gasteiger partial charge < -0.3 is 0 Å². The molecule has 0 spiro atoms. The number of hydrogen-bond donors (Lipinski definition) is 0. The van der Waals surface area contributed by atoms with Gasteiger partial charge in [0, 0.05) is 0 Å². The van der Waals surface area contributed by atoms with Crippen LogP contribution in [-0.2, 0) is 0 Å². The highest BCUT2D eigenvalue weighted by Crippen LogP contribution is 2.31. The zero-order valence-electron chi connectivity index (χ0n) is 11.0. The van der Waals surface area contributed by atoms with E-state index in [1.165, 1.54) is 22.3 Å². The highest BCUT2D eigenvalue weighted by atomic mass is 14.1. The Morgan fingerprint density at radius 1 is 0.667 bits per heavy atom. The molecule has 0 amide bonds. The summed E-state index contributed by atoms with van der Waals surface area (Å²) in [5, 5.41) is 0. The predicted octanol–water partition coefficient (Wildman–Crippen LogP) is 5.03. The molecule has 0 N–H and O–H groups in total. The van der Waals surface area contributed by atoms with Gasteiger partial charge in [0.05, 0.1) is 0 Å². The van der Waals surface area contributed by atoms with Crippen molar-refractivity contribution in [2.45, 2.75) is 13.8 Å². The summed E-state index contributed by atoms with van der Waals surface area (Å²) in [6, 6.07) is 16.6. The van der Waals surface area contributed by atoms with Crippen LogP contribution in [0.1, 0.15) is 22.3 Å². The summed E-state index contributed by atoms with van der Waals surface area (Å²) in [5.74, 6) is 0. The Labute approximate surface area is 109 Å². The van der Waals surface area contributed by atoms with Crippen molar-refractivity contribution in [3.63, 3.8) is 0 Å². The lowest BCUT2D eigenvalue weighted by atomic mass is 9.90. The first-order chi connectivity index (χ1) is 8.61. The average Bonchev–Trinajstić information content (AvgIpc) is 2.38. The highest BCUT2D eigenvalue weighted by Gasteiger charge is 2.09. The van der Waals surface area contributed by atoms with Gasteiger partial charge in [0.1, 0.15) is 0 Å². The molecular weight excluding hydrogens is 216 g/mol. The Bertz CT molecular complexity index is 547. The van der Waals surface area contributed by atoms with Crippen molar-refractivity contribution in [1.29, 1.82) is 0 Å². The Balaban J connectivity index is 2.39. The summed E-state index contributed by atoms with van der Waals surface area (Å²) in [6.07, 6.45) is 0. The fourth-order valence-corrected chi connectivity index (χ4v) is 2.15. The van der Waals surface area contributed by atoms with Gasteiger partial charge in [0.2, 0.25) is 0 Å². The number of aryl methyl sites for hydroxylation is 2. The van der Waals surface area contributed by atoms with Crippen molar-refractivity contribution in [3.05, 3.63) is 83.9 Å². The molecule has 0 radical (unpaired) electrons. The first-order valence-corrected chi connectivity index (χ1v) is 6.11. The molecule has 2 aromatic carbocycles. The van der Waals surface area contributed by atoms with Gasteiger partial charge in [-0.3, -0.25) is 0 Å². The van der Waals surface area contributed by atoms with Crippen LogP contribution in [0.5, 0.6) is 0 Å². The van der Waals surface area contributed by atoms with Crippen molar-refractivity contribution < 1.29 is 0 Å². The minimum absolute atomic E-state index is 1.00. The van der Waals surface area contributed by atoms with E-state index in [-0.39, 0.29) is 0 Å². The van der Waals surface area contributed by atoms with E-state index in [1.807, 2.05) is 24.3 Å². The van der Waals surface area contributed by atoms with Crippen molar-refractivity contribution in [2.75, 3.05) is 0 Å². The maximum atomic E-state index is 4.20. The van der Waals surface area contributed by atoms with E-state index in [2.05, 4.69) is 51.3 Å². The molecule has 0 aliphatic carbocycles. The number of allylic oxidation sites excluding steroid dienone is 2. The van der Waals surface area contributed by atoms with Crippen LogP contribution in [0, 0.1) is 13.8 Å². The first-order valence-electron chi connectivity index (χ1n) is 6.11. The smallest absolute Gasteiger partial charge is 0.0155 e. The van der Waals surface area contributed by atoms with Crippen LogP contribution in [-0.4, -0.2) is 0 Å². The molecule has 0 bridgehead atoms. The lowest BCUT2D eigenvalue weighted by Gasteiger charge is -2.14. The second-order valence-electron chi connectivity index (χ2n) is 4.59. The van der Waals surface area contributed by atoms with Gasteiger partial charge in [-0.25, -0.2) is 0 Å². The molecule has 0 heteroatoms. The molecular formula is C18H18. The van der Waals surface area contributed by atoms with Gasteiger partial charge in [-0.15, -0.1) is 0 Å². The minimum Gasteiger partial charge on any atom is -0.0905 e. The van der Waals surface area contributed by atoms with E-state index in [0.29, 0.717) is 0 Å². The van der Waals surface area contributed by atoms with Crippen molar-refractivity contribution in [1.82, 2.24) is 0 Å². The summed E-state index contributed by atoms with van der Waals surface area (Å²) in [4.78, 5) is 0. The molecule has 0 aliphatic heterocycles. The van der Waals surface area contributed by atoms with E-state index in [4.69, 9.17) is 0 Å². The molecule has 18 heavy (non-hydrogen) atoms. The molecule has 0 aromatic heterocycles. The van der Waals surface area contributed by atoms with Crippen LogP contribution in [0.2, 0.25) is 0 Å². The third kappa shape index (κ3) is 2.28. The summed E-state index contributed by atoms with van der Waals surface area (Å²) >= 11 is 0. The number of benzene rings is 2. The topological polar surface area (TPSA) is 0 Å². The molecule has 0 aliphatic rings. The Morgan fingerprint density at radius 2 is 1.00 bits per heavy atom. The second-order valence-corrected chi connectivity index (χ2v) is 4.59. The van der Waals surface area contributed by atoms with Gasteiger partial charge in [0.25, 0.3) is 0 Å². The fourth-order valence-electron chi connectivity index (χ4n) is 2.15. The Morgan fingerprint density at radius 3 is 1.33 bits per heavy atom.